The molecule has 1 fully saturated rings. The third kappa shape index (κ3) is 4.23. The topological polar surface area (TPSA) is 97.2 Å². The summed E-state index contributed by atoms with van der Waals surface area (Å²) in [6, 6.07) is 11.9. The van der Waals surface area contributed by atoms with Crippen molar-refractivity contribution in [1.29, 1.82) is 0 Å². The van der Waals surface area contributed by atoms with Crippen LogP contribution in [0.2, 0.25) is 0 Å². The van der Waals surface area contributed by atoms with Gasteiger partial charge >= 0.3 is 0 Å². The molecule has 1 saturated heterocycles. The lowest BCUT2D eigenvalue weighted by Crippen LogP contribution is -2.32. The van der Waals surface area contributed by atoms with Crippen molar-refractivity contribution < 1.29 is 9.59 Å². The molecule has 3 heterocycles. The molecular formula is C23H23N5O3. The lowest BCUT2D eigenvalue weighted by Gasteiger charge is -2.24. The van der Waals surface area contributed by atoms with Gasteiger partial charge in [-0.3, -0.25) is 14.4 Å². The van der Waals surface area contributed by atoms with Gasteiger partial charge in [-0.25, -0.2) is 9.97 Å². The predicted octanol–water partition coefficient (Wildman–Crippen LogP) is 2.71. The average molecular weight is 417 g/mol. The third-order valence-electron chi connectivity index (χ3n) is 5.42. The Morgan fingerprint density at radius 3 is 2.61 bits per heavy atom. The SMILES string of the molecule is Cc1nc([C@H]2CCCN2C(=O)c2ccc(=O)n(C)c2)ncc1C(=O)Nc1ccccc1. The molecule has 0 spiro atoms. The Morgan fingerprint density at radius 1 is 1.13 bits per heavy atom. The molecule has 8 nitrogen and oxygen atoms in total. The lowest BCUT2D eigenvalue weighted by molar-refractivity contribution is 0.0728. The minimum absolute atomic E-state index is 0.162. The number of amides is 2. The first-order chi connectivity index (χ1) is 14.9. The standard InChI is InChI=1S/C23H23N5O3/c1-15-18(22(30)26-17-7-4-3-5-8-17)13-24-21(25-15)19-9-6-12-28(19)23(31)16-10-11-20(29)27(2)14-16/h3-5,7-8,10-11,13-14,19H,6,9,12H2,1-2H3,(H,26,30)/t19-/m1/s1. The highest BCUT2D eigenvalue weighted by Crippen LogP contribution is 2.31. The fourth-order valence-corrected chi connectivity index (χ4v) is 3.75. The molecule has 1 aliphatic rings. The molecule has 1 N–H and O–H groups in total. The van der Waals surface area contributed by atoms with Crippen molar-refractivity contribution in [2.75, 3.05) is 11.9 Å². The summed E-state index contributed by atoms with van der Waals surface area (Å²) in [5, 5.41) is 2.84. The number of pyridine rings is 1. The number of carbonyl (C=O) groups excluding carboxylic acids is 2. The van der Waals surface area contributed by atoms with Gasteiger partial charge in [0.05, 0.1) is 22.9 Å². The van der Waals surface area contributed by atoms with E-state index in [9.17, 15) is 14.4 Å². The van der Waals surface area contributed by atoms with Gasteiger partial charge in [-0.2, -0.15) is 0 Å². The smallest absolute Gasteiger partial charge is 0.259 e. The van der Waals surface area contributed by atoms with Crippen LogP contribution in [0.5, 0.6) is 0 Å². The molecule has 31 heavy (non-hydrogen) atoms. The van der Waals surface area contributed by atoms with E-state index in [1.54, 1.807) is 31.1 Å². The molecule has 158 valence electrons. The van der Waals surface area contributed by atoms with Crippen molar-refractivity contribution in [3.8, 4) is 0 Å². The second kappa shape index (κ2) is 8.51. The molecule has 0 saturated carbocycles. The average Bonchev–Trinajstić information content (AvgIpc) is 3.25. The summed E-state index contributed by atoms with van der Waals surface area (Å²) < 4.78 is 1.39. The number of likely N-dealkylation sites (tertiary alicyclic amines) is 1. The maximum Gasteiger partial charge on any atom is 0.259 e. The largest absolute Gasteiger partial charge is 0.328 e. The number of carbonyl (C=O) groups is 2. The van der Waals surface area contributed by atoms with E-state index in [-0.39, 0.29) is 23.4 Å². The first kappa shape index (κ1) is 20.5. The van der Waals surface area contributed by atoms with Crippen LogP contribution in [0.15, 0.2) is 59.7 Å². The van der Waals surface area contributed by atoms with E-state index >= 15 is 0 Å². The molecule has 0 unspecified atom stereocenters. The van der Waals surface area contributed by atoms with Crippen LogP contribution in [-0.2, 0) is 7.05 Å². The zero-order chi connectivity index (χ0) is 22.0. The molecule has 8 heteroatoms. The van der Waals surface area contributed by atoms with Crippen molar-refractivity contribution in [2.24, 2.45) is 7.05 Å². The number of anilines is 1. The minimum Gasteiger partial charge on any atom is -0.328 e. The number of hydrogen-bond donors (Lipinski definition) is 1. The maximum absolute atomic E-state index is 13.0. The summed E-state index contributed by atoms with van der Waals surface area (Å²) in [7, 11) is 1.62. The Labute approximate surface area is 179 Å². The minimum atomic E-state index is -0.278. The zero-order valence-electron chi connectivity index (χ0n) is 17.4. The van der Waals surface area contributed by atoms with Crippen molar-refractivity contribution in [3.63, 3.8) is 0 Å². The molecule has 1 atom stereocenters. The number of nitrogens with zero attached hydrogens (tertiary/aromatic N) is 4. The van der Waals surface area contributed by atoms with Crippen LogP contribution < -0.4 is 10.9 Å². The number of rotatable bonds is 4. The fourth-order valence-electron chi connectivity index (χ4n) is 3.75. The van der Waals surface area contributed by atoms with E-state index in [2.05, 4.69) is 15.3 Å². The quantitative estimate of drug-likeness (QED) is 0.704. The van der Waals surface area contributed by atoms with Crippen molar-refractivity contribution in [1.82, 2.24) is 19.4 Å². The van der Waals surface area contributed by atoms with Gasteiger partial charge in [0, 0.05) is 37.7 Å². The van der Waals surface area contributed by atoms with Gasteiger partial charge in [0.25, 0.3) is 11.8 Å². The summed E-state index contributed by atoms with van der Waals surface area (Å²) >= 11 is 0. The van der Waals surface area contributed by atoms with E-state index in [0.717, 1.165) is 12.8 Å². The van der Waals surface area contributed by atoms with Gasteiger partial charge in [-0.05, 0) is 38.0 Å². The molecule has 2 amide bonds. The van der Waals surface area contributed by atoms with Gasteiger partial charge < -0.3 is 14.8 Å². The Morgan fingerprint density at radius 2 is 1.90 bits per heavy atom. The highest BCUT2D eigenvalue weighted by atomic mass is 16.2. The van der Waals surface area contributed by atoms with Crippen LogP contribution >= 0.6 is 0 Å². The van der Waals surface area contributed by atoms with E-state index in [1.165, 1.54) is 16.8 Å². The molecular weight excluding hydrogens is 394 g/mol. The second-order valence-corrected chi connectivity index (χ2v) is 7.57. The van der Waals surface area contributed by atoms with Crippen LogP contribution in [0.25, 0.3) is 0 Å². The maximum atomic E-state index is 13.0. The number of benzene rings is 1. The van der Waals surface area contributed by atoms with Crippen molar-refractivity contribution in [3.05, 3.63) is 87.9 Å². The third-order valence-corrected chi connectivity index (χ3v) is 5.42. The van der Waals surface area contributed by atoms with E-state index in [0.29, 0.717) is 34.9 Å². The van der Waals surface area contributed by atoms with Gasteiger partial charge in [0.1, 0.15) is 0 Å². The van der Waals surface area contributed by atoms with Crippen molar-refractivity contribution >= 4 is 17.5 Å². The van der Waals surface area contributed by atoms with Crippen LogP contribution in [0.4, 0.5) is 5.69 Å². The van der Waals surface area contributed by atoms with Crippen LogP contribution in [0, 0.1) is 6.92 Å². The summed E-state index contributed by atoms with van der Waals surface area (Å²) in [5.74, 6) is 0.0782. The Bertz CT molecular complexity index is 1190. The molecule has 1 aliphatic heterocycles. The first-order valence-corrected chi connectivity index (χ1v) is 10.1. The number of nitrogens with one attached hydrogen (secondary N) is 1. The van der Waals surface area contributed by atoms with E-state index in [1.807, 2.05) is 30.3 Å². The summed E-state index contributed by atoms with van der Waals surface area (Å²) in [5.41, 5.74) is 1.92. The second-order valence-electron chi connectivity index (χ2n) is 7.57. The number of hydrogen-bond acceptors (Lipinski definition) is 5. The van der Waals surface area contributed by atoms with E-state index in [4.69, 9.17) is 0 Å². The molecule has 1 aromatic carbocycles. The van der Waals surface area contributed by atoms with Gasteiger partial charge in [0.2, 0.25) is 5.56 Å². The van der Waals surface area contributed by atoms with Crippen molar-refractivity contribution in [2.45, 2.75) is 25.8 Å². The molecule has 0 aliphatic carbocycles. The predicted molar refractivity (Wildman–Crippen MR) is 116 cm³/mol. The summed E-state index contributed by atoms with van der Waals surface area (Å²) in [4.78, 5) is 48.0. The van der Waals surface area contributed by atoms with Gasteiger partial charge in [0.15, 0.2) is 5.82 Å². The highest BCUT2D eigenvalue weighted by Gasteiger charge is 2.33. The number of aryl methyl sites for hydroxylation is 2. The monoisotopic (exact) mass is 417 g/mol. The molecule has 0 radical (unpaired) electrons. The number of aromatic nitrogens is 3. The van der Waals surface area contributed by atoms with Crippen LogP contribution in [0.1, 0.15) is 51.1 Å². The normalized spacial score (nSPS) is 15.7. The molecule has 3 aromatic rings. The fraction of sp³-hybridized carbons (Fsp3) is 0.261. The summed E-state index contributed by atoms with van der Waals surface area (Å²) in [6.45, 7) is 2.35. The molecule has 2 aromatic heterocycles. The lowest BCUT2D eigenvalue weighted by atomic mass is 10.1. The van der Waals surface area contributed by atoms with Crippen LogP contribution in [-0.4, -0.2) is 37.8 Å². The first-order valence-electron chi connectivity index (χ1n) is 10.1. The van der Waals surface area contributed by atoms with Gasteiger partial charge in [-0.1, -0.05) is 18.2 Å². The number of para-hydroxylation sites is 1. The van der Waals surface area contributed by atoms with Gasteiger partial charge in [-0.15, -0.1) is 0 Å². The zero-order valence-corrected chi connectivity index (χ0v) is 17.4. The Hall–Kier alpha value is -3.81. The summed E-state index contributed by atoms with van der Waals surface area (Å²) in [6.07, 6.45) is 4.64. The Balaban J connectivity index is 1.55. The highest BCUT2D eigenvalue weighted by molar-refractivity contribution is 6.04. The molecule has 4 rings (SSSR count). The Kier molecular flexibility index (Phi) is 5.62. The van der Waals surface area contributed by atoms with E-state index < -0.39 is 0 Å². The van der Waals surface area contributed by atoms with Crippen LogP contribution in [0.3, 0.4) is 0 Å². The molecule has 0 bridgehead atoms.